The fourth-order valence-corrected chi connectivity index (χ4v) is 3.45. The molecular weight excluding hydrogens is 318 g/mol. The van der Waals surface area contributed by atoms with Gasteiger partial charge < -0.3 is 9.84 Å². The molecule has 1 heterocycles. The lowest BCUT2D eigenvalue weighted by atomic mass is 9.89. The van der Waals surface area contributed by atoms with E-state index in [0.29, 0.717) is 13.1 Å². The summed E-state index contributed by atoms with van der Waals surface area (Å²) in [7, 11) is 1.43. The number of aromatic carboxylic acids is 1. The Bertz CT molecular complexity index is 742. The molecule has 1 aliphatic heterocycles. The van der Waals surface area contributed by atoms with Gasteiger partial charge in [-0.1, -0.05) is 42.5 Å². The zero-order valence-corrected chi connectivity index (χ0v) is 14.1. The van der Waals surface area contributed by atoms with Crippen LogP contribution in [0.5, 0.6) is 0 Å². The van der Waals surface area contributed by atoms with Crippen molar-refractivity contribution in [1.82, 2.24) is 4.90 Å². The van der Waals surface area contributed by atoms with Crippen LogP contribution < -0.4 is 0 Å². The molecule has 5 nitrogen and oxygen atoms in total. The Kier molecular flexibility index (Phi) is 5.14. The van der Waals surface area contributed by atoms with Crippen LogP contribution in [0.2, 0.25) is 0 Å². The molecule has 1 aliphatic rings. The summed E-state index contributed by atoms with van der Waals surface area (Å²) >= 11 is 0. The van der Waals surface area contributed by atoms with Crippen molar-refractivity contribution in [2.24, 2.45) is 5.92 Å². The zero-order valence-electron chi connectivity index (χ0n) is 14.1. The first kappa shape index (κ1) is 17.2. The molecule has 1 N–H and O–H groups in total. The predicted octanol–water partition coefficient (Wildman–Crippen LogP) is 2.77. The molecule has 0 saturated carbocycles. The van der Waals surface area contributed by atoms with E-state index in [9.17, 15) is 9.59 Å². The normalized spacial score (nSPS) is 20.4. The number of rotatable bonds is 5. The van der Waals surface area contributed by atoms with Gasteiger partial charge in [0.2, 0.25) is 0 Å². The molecule has 25 heavy (non-hydrogen) atoms. The van der Waals surface area contributed by atoms with Crippen molar-refractivity contribution in [1.29, 1.82) is 0 Å². The van der Waals surface area contributed by atoms with Gasteiger partial charge in [0.15, 0.2) is 0 Å². The van der Waals surface area contributed by atoms with Crippen molar-refractivity contribution < 1.29 is 19.4 Å². The number of benzene rings is 2. The first-order chi connectivity index (χ1) is 12.1. The van der Waals surface area contributed by atoms with E-state index < -0.39 is 5.97 Å². The van der Waals surface area contributed by atoms with Crippen molar-refractivity contribution in [2.75, 3.05) is 20.2 Å². The number of likely N-dealkylation sites (tertiary alicyclic amines) is 1. The maximum Gasteiger partial charge on any atom is 0.335 e. The van der Waals surface area contributed by atoms with Crippen LogP contribution in [0.4, 0.5) is 0 Å². The molecule has 130 valence electrons. The van der Waals surface area contributed by atoms with Crippen LogP contribution in [0, 0.1) is 5.92 Å². The molecule has 0 aromatic heterocycles. The Morgan fingerprint density at radius 2 is 1.76 bits per heavy atom. The molecule has 0 radical (unpaired) electrons. The monoisotopic (exact) mass is 339 g/mol. The van der Waals surface area contributed by atoms with Gasteiger partial charge in [0.25, 0.3) is 0 Å². The topological polar surface area (TPSA) is 66.8 Å². The number of carbonyl (C=O) groups excluding carboxylic acids is 1. The third kappa shape index (κ3) is 3.88. The van der Waals surface area contributed by atoms with Crippen LogP contribution >= 0.6 is 0 Å². The third-order valence-corrected chi connectivity index (χ3v) is 4.73. The number of carboxylic acid groups (broad SMARTS) is 1. The van der Waals surface area contributed by atoms with E-state index in [-0.39, 0.29) is 23.4 Å². The second kappa shape index (κ2) is 7.49. The molecule has 0 spiro atoms. The first-order valence-electron chi connectivity index (χ1n) is 8.26. The average molecular weight is 339 g/mol. The Morgan fingerprint density at radius 3 is 2.36 bits per heavy atom. The SMILES string of the molecule is COC(=O)C1CN(Cc2ccc(C(=O)O)cc2)CC1c1ccccc1. The molecule has 2 aromatic rings. The van der Waals surface area contributed by atoms with Gasteiger partial charge in [-0.05, 0) is 23.3 Å². The van der Waals surface area contributed by atoms with E-state index in [4.69, 9.17) is 9.84 Å². The number of nitrogens with zero attached hydrogens (tertiary/aromatic N) is 1. The molecule has 1 saturated heterocycles. The van der Waals surface area contributed by atoms with Crippen LogP contribution in [0.3, 0.4) is 0 Å². The van der Waals surface area contributed by atoms with Gasteiger partial charge >= 0.3 is 11.9 Å². The van der Waals surface area contributed by atoms with Gasteiger partial charge in [0, 0.05) is 25.6 Å². The van der Waals surface area contributed by atoms with E-state index in [1.807, 2.05) is 42.5 Å². The number of ether oxygens (including phenoxy) is 1. The number of esters is 1. The van der Waals surface area contributed by atoms with Gasteiger partial charge in [0.1, 0.15) is 0 Å². The van der Waals surface area contributed by atoms with Crippen LogP contribution in [-0.4, -0.2) is 42.1 Å². The van der Waals surface area contributed by atoms with Gasteiger partial charge in [0.05, 0.1) is 18.6 Å². The molecule has 5 heteroatoms. The Labute approximate surface area is 146 Å². The molecule has 0 bridgehead atoms. The summed E-state index contributed by atoms with van der Waals surface area (Å²) in [5, 5.41) is 8.98. The summed E-state index contributed by atoms with van der Waals surface area (Å²) in [5.41, 5.74) is 2.45. The summed E-state index contributed by atoms with van der Waals surface area (Å²) in [6, 6.07) is 16.9. The van der Waals surface area contributed by atoms with Gasteiger partial charge in [-0.2, -0.15) is 0 Å². The third-order valence-electron chi connectivity index (χ3n) is 4.73. The minimum atomic E-state index is -0.928. The maximum atomic E-state index is 12.2. The summed E-state index contributed by atoms with van der Waals surface area (Å²) < 4.78 is 5.00. The number of methoxy groups -OCH3 is 1. The standard InChI is InChI=1S/C20H21NO4/c1-25-20(24)18-13-21(12-17(18)15-5-3-2-4-6-15)11-14-7-9-16(10-8-14)19(22)23/h2-10,17-18H,11-13H2,1H3,(H,22,23). The first-order valence-corrected chi connectivity index (χ1v) is 8.26. The summed E-state index contributed by atoms with van der Waals surface area (Å²) in [5.74, 6) is -1.20. The van der Waals surface area contributed by atoms with E-state index in [1.165, 1.54) is 7.11 Å². The molecule has 2 aromatic carbocycles. The fraction of sp³-hybridized carbons (Fsp3) is 0.300. The minimum Gasteiger partial charge on any atom is -0.478 e. The maximum absolute atomic E-state index is 12.2. The molecule has 2 unspecified atom stereocenters. The second-order valence-corrected chi connectivity index (χ2v) is 6.34. The van der Waals surface area contributed by atoms with E-state index in [1.54, 1.807) is 12.1 Å². The Morgan fingerprint density at radius 1 is 1.08 bits per heavy atom. The highest BCUT2D eigenvalue weighted by molar-refractivity contribution is 5.87. The molecule has 3 rings (SSSR count). The van der Waals surface area contributed by atoms with Crippen molar-refractivity contribution in [2.45, 2.75) is 12.5 Å². The highest BCUT2D eigenvalue weighted by Gasteiger charge is 2.39. The van der Waals surface area contributed by atoms with Crippen LogP contribution in [0.15, 0.2) is 54.6 Å². The summed E-state index contributed by atoms with van der Waals surface area (Å²) in [6.45, 7) is 2.08. The largest absolute Gasteiger partial charge is 0.478 e. The van der Waals surface area contributed by atoms with E-state index in [0.717, 1.165) is 17.7 Å². The van der Waals surface area contributed by atoms with Crippen LogP contribution in [0.1, 0.15) is 27.4 Å². The van der Waals surface area contributed by atoms with Crippen molar-refractivity contribution in [3.63, 3.8) is 0 Å². The molecule has 2 atom stereocenters. The van der Waals surface area contributed by atoms with Gasteiger partial charge in [-0.15, -0.1) is 0 Å². The van der Waals surface area contributed by atoms with Crippen LogP contribution in [-0.2, 0) is 16.1 Å². The van der Waals surface area contributed by atoms with E-state index >= 15 is 0 Å². The zero-order chi connectivity index (χ0) is 17.8. The van der Waals surface area contributed by atoms with Gasteiger partial charge in [-0.25, -0.2) is 4.79 Å². The van der Waals surface area contributed by atoms with Gasteiger partial charge in [-0.3, -0.25) is 9.69 Å². The fourth-order valence-electron chi connectivity index (χ4n) is 3.45. The number of carboxylic acids is 1. The van der Waals surface area contributed by atoms with Crippen LogP contribution in [0.25, 0.3) is 0 Å². The highest BCUT2D eigenvalue weighted by Crippen LogP contribution is 2.34. The molecule has 1 fully saturated rings. The van der Waals surface area contributed by atoms with Crippen molar-refractivity contribution in [3.8, 4) is 0 Å². The number of hydrogen-bond donors (Lipinski definition) is 1. The Balaban J connectivity index is 1.75. The van der Waals surface area contributed by atoms with Crippen molar-refractivity contribution in [3.05, 3.63) is 71.3 Å². The lowest BCUT2D eigenvalue weighted by molar-refractivity contribution is -0.145. The van der Waals surface area contributed by atoms with E-state index in [2.05, 4.69) is 4.90 Å². The summed E-state index contributed by atoms with van der Waals surface area (Å²) in [6.07, 6.45) is 0. The van der Waals surface area contributed by atoms with Crippen molar-refractivity contribution >= 4 is 11.9 Å². The average Bonchev–Trinajstić information content (AvgIpc) is 3.06. The smallest absolute Gasteiger partial charge is 0.335 e. The number of hydrogen-bond acceptors (Lipinski definition) is 4. The predicted molar refractivity (Wildman–Crippen MR) is 93.4 cm³/mol. The second-order valence-electron chi connectivity index (χ2n) is 6.34. The number of carbonyl (C=O) groups is 2. The molecule has 0 aliphatic carbocycles. The lowest BCUT2D eigenvalue weighted by Crippen LogP contribution is -2.24. The summed E-state index contributed by atoms with van der Waals surface area (Å²) in [4.78, 5) is 25.4. The highest BCUT2D eigenvalue weighted by atomic mass is 16.5. The molecular formula is C20H21NO4. The lowest BCUT2D eigenvalue weighted by Gasteiger charge is -2.16. The minimum absolute atomic E-state index is 0.104. The Hall–Kier alpha value is -2.66. The quantitative estimate of drug-likeness (QED) is 0.849. The molecule has 0 amide bonds.